The molecule has 0 aliphatic heterocycles. The topological polar surface area (TPSA) is 51.0 Å². The third-order valence-electron chi connectivity index (χ3n) is 1.44. The lowest BCUT2D eigenvalue weighted by Gasteiger charge is -1.87. The highest BCUT2D eigenvalue weighted by molar-refractivity contribution is 5.18. The van der Waals surface area contributed by atoms with Crippen molar-refractivity contribution < 1.29 is 4.52 Å². The molecule has 1 rings (SSSR count). The number of hydrogen-bond acceptors (Lipinski definition) is 4. The molecule has 0 spiro atoms. The number of rotatable bonds is 4. The van der Waals surface area contributed by atoms with Crippen molar-refractivity contribution in [2.75, 3.05) is 12.4 Å². The Labute approximate surface area is 66.0 Å². The minimum atomic E-state index is 0.566. The lowest BCUT2D eigenvalue weighted by atomic mass is 10.2. The van der Waals surface area contributed by atoms with Crippen molar-refractivity contribution >= 4 is 5.95 Å². The van der Waals surface area contributed by atoms with Crippen molar-refractivity contribution in [3.63, 3.8) is 0 Å². The average Bonchev–Trinajstić information content (AvgIpc) is 2.48. The molecule has 0 radical (unpaired) electrons. The van der Waals surface area contributed by atoms with E-state index in [4.69, 9.17) is 4.52 Å². The smallest absolute Gasteiger partial charge is 0.263 e. The fourth-order valence-electron chi connectivity index (χ4n) is 0.786. The van der Waals surface area contributed by atoms with Gasteiger partial charge >= 0.3 is 0 Å². The van der Waals surface area contributed by atoms with Crippen LogP contribution in [0.5, 0.6) is 0 Å². The zero-order valence-electron chi connectivity index (χ0n) is 6.92. The van der Waals surface area contributed by atoms with E-state index in [0.29, 0.717) is 5.95 Å². The molecule has 1 heterocycles. The van der Waals surface area contributed by atoms with Gasteiger partial charge in [0.25, 0.3) is 5.95 Å². The number of anilines is 1. The molecular weight excluding hydrogens is 142 g/mol. The number of unbranched alkanes of at least 4 members (excludes halogenated alkanes) is 1. The zero-order valence-corrected chi connectivity index (χ0v) is 6.92. The molecule has 4 nitrogen and oxygen atoms in total. The van der Waals surface area contributed by atoms with Gasteiger partial charge in [0.15, 0.2) is 0 Å². The predicted octanol–water partition coefficient (Wildman–Crippen LogP) is 1.45. The largest absolute Gasteiger partial charge is 0.355 e. The summed E-state index contributed by atoms with van der Waals surface area (Å²) in [4.78, 5) is 4.08. The van der Waals surface area contributed by atoms with Crippen LogP contribution >= 0.6 is 0 Å². The summed E-state index contributed by atoms with van der Waals surface area (Å²) < 4.78 is 4.93. The van der Waals surface area contributed by atoms with Gasteiger partial charge in [0.2, 0.25) is 5.89 Å². The molecule has 0 unspecified atom stereocenters. The maximum atomic E-state index is 4.93. The second kappa shape index (κ2) is 3.95. The Morgan fingerprint density at radius 1 is 1.55 bits per heavy atom. The molecule has 0 atom stereocenters. The minimum absolute atomic E-state index is 0.566. The van der Waals surface area contributed by atoms with Crippen LogP contribution in [0.15, 0.2) is 4.52 Å². The summed E-state index contributed by atoms with van der Waals surface area (Å²) in [7, 11) is 1.77. The molecule has 0 saturated carbocycles. The molecule has 4 heteroatoms. The van der Waals surface area contributed by atoms with E-state index >= 15 is 0 Å². The molecule has 0 saturated heterocycles. The Morgan fingerprint density at radius 3 is 2.91 bits per heavy atom. The second-order valence-corrected chi connectivity index (χ2v) is 2.37. The van der Waals surface area contributed by atoms with Gasteiger partial charge in [0.1, 0.15) is 0 Å². The first kappa shape index (κ1) is 8.04. The molecule has 0 aliphatic rings. The Hall–Kier alpha value is -1.06. The number of nitrogens with zero attached hydrogens (tertiary/aromatic N) is 2. The van der Waals surface area contributed by atoms with E-state index in [0.717, 1.165) is 25.2 Å². The van der Waals surface area contributed by atoms with Crippen LogP contribution in [0.2, 0.25) is 0 Å². The van der Waals surface area contributed by atoms with Crippen LogP contribution in [0.1, 0.15) is 25.7 Å². The molecule has 1 aromatic heterocycles. The summed E-state index contributed by atoms with van der Waals surface area (Å²) in [6, 6.07) is 0. The van der Waals surface area contributed by atoms with Gasteiger partial charge in [-0.1, -0.05) is 13.3 Å². The lowest BCUT2D eigenvalue weighted by Crippen LogP contribution is -1.90. The van der Waals surface area contributed by atoms with Crippen LogP contribution in [0.25, 0.3) is 0 Å². The Morgan fingerprint density at radius 2 is 2.36 bits per heavy atom. The molecule has 0 bridgehead atoms. The molecule has 0 fully saturated rings. The van der Waals surface area contributed by atoms with Gasteiger partial charge in [-0.05, 0) is 11.6 Å². The van der Waals surface area contributed by atoms with E-state index in [1.54, 1.807) is 7.05 Å². The van der Waals surface area contributed by atoms with E-state index in [1.807, 2.05) is 0 Å². The van der Waals surface area contributed by atoms with Crippen LogP contribution in [-0.2, 0) is 6.42 Å². The van der Waals surface area contributed by atoms with Crippen LogP contribution < -0.4 is 5.32 Å². The maximum absolute atomic E-state index is 4.93. The van der Waals surface area contributed by atoms with Crippen LogP contribution in [0.3, 0.4) is 0 Å². The van der Waals surface area contributed by atoms with Crippen molar-refractivity contribution in [3.05, 3.63) is 5.89 Å². The van der Waals surface area contributed by atoms with Crippen LogP contribution in [0.4, 0.5) is 5.95 Å². The van der Waals surface area contributed by atoms with E-state index in [9.17, 15) is 0 Å². The van der Waals surface area contributed by atoms with Crippen molar-refractivity contribution in [1.29, 1.82) is 0 Å². The van der Waals surface area contributed by atoms with Crippen LogP contribution in [0, 0.1) is 0 Å². The van der Waals surface area contributed by atoms with Crippen molar-refractivity contribution in [2.24, 2.45) is 0 Å². The van der Waals surface area contributed by atoms with E-state index in [1.165, 1.54) is 0 Å². The van der Waals surface area contributed by atoms with Gasteiger partial charge in [-0.15, -0.1) is 0 Å². The van der Waals surface area contributed by atoms with Gasteiger partial charge in [0.05, 0.1) is 0 Å². The van der Waals surface area contributed by atoms with Crippen molar-refractivity contribution in [3.8, 4) is 0 Å². The summed E-state index contributed by atoms with van der Waals surface area (Å²) in [6.45, 7) is 2.13. The molecule has 1 aromatic rings. The van der Waals surface area contributed by atoms with Gasteiger partial charge in [-0.3, -0.25) is 0 Å². The average molecular weight is 155 g/mol. The Kier molecular flexibility index (Phi) is 2.89. The van der Waals surface area contributed by atoms with E-state index < -0.39 is 0 Å². The quantitative estimate of drug-likeness (QED) is 0.715. The predicted molar refractivity (Wildman–Crippen MR) is 42.5 cm³/mol. The standard InChI is InChI=1S/C7H13N3O/c1-3-4-5-6-9-7(8-2)10-11-6/h3-5H2,1-2H3,(H,8,10). The van der Waals surface area contributed by atoms with Crippen molar-refractivity contribution in [2.45, 2.75) is 26.2 Å². The highest BCUT2D eigenvalue weighted by Crippen LogP contribution is 2.04. The summed E-state index contributed by atoms with van der Waals surface area (Å²) in [6.07, 6.45) is 3.13. The molecular formula is C7H13N3O. The number of aromatic nitrogens is 2. The van der Waals surface area contributed by atoms with Gasteiger partial charge < -0.3 is 9.84 Å². The third kappa shape index (κ3) is 2.22. The van der Waals surface area contributed by atoms with E-state index in [2.05, 4.69) is 22.4 Å². The maximum Gasteiger partial charge on any atom is 0.263 e. The Bertz CT molecular complexity index is 209. The first-order chi connectivity index (χ1) is 5.36. The zero-order chi connectivity index (χ0) is 8.10. The monoisotopic (exact) mass is 155 g/mol. The second-order valence-electron chi connectivity index (χ2n) is 2.37. The SMILES string of the molecule is CCCCc1nc(NC)no1. The fourth-order valence-corrected chi connectivity index (χ4v) is 0.786. The van der Waals surface area contributed by atoms with E-state index in [-0.39, 0.29) is 0 Å². The molecule has 0 aliphatic carbocycles. The van der Waals surface area contributed by atoms with Crippen molar-refractivity contribution in [1.82, 2.24) is 10.1 Å². The van der Waals surface area contributed by atoms with Gasteiger partial charge in [-0.25, -0.2) is 0 Å². The summed E-state index contributed by atoms with van der Waals surface area (Å²) in [5.41, 5.74) is 0. The molecule has 1 N–H and O–H groups in total. The third-order valence-corrected chi connectivity index (χ3v) is 1.44. The lowest BCUT2D eigenvalue weighted by molar-refractivity contribution is 0.376. The number of aryl methyl sites for hydroxylation is 1. The highest BCUT2D eigenvalue weighted by Gasteiger charge is 2.01. The highest BCUT2D eigenvalue weighted by atomic mass is 16.5. The summed E-state index contributed by atoms with van der Waals surface area (Å²) >= 11 is 0. The number of hydrogen-bond donors (Lipinski definition) is 1. The molecule has 11 heavy (non-hydrogen) atoms. The number of nitrogens with one attached hydrogen (secondary N) is 1. The normalized spacial score (nSPS) is 10.0. The molecule has 0 amide bonds. The first-order valence-corrected chi connectivity index (χ1v) is 3.87. The summed E-state index contributed by atoms with van der Waals surface area (Å²) in [5, 5.41) is 6.50. The minimum Gasteiger partial charge on any atom is -0.355 e. The van der Waals surface area contributed by atoms with Gasteiger partial charge in [-0.2, -0.15) is 4.98 Å². The molecule has 0 aromatic carbocycles. The fraction of sp³-hybridized carbons (Fsp3) is 0.714. The summed E-state index contributed by atoms with van der Waals surface area (Å²) in [5.74, 6) is 1.28. The Balaban J connectivity index is 2.44. The van der Waals surface area contributed by atoms with Gasteiger partial charge in [0, 0.05) is 13.5 Å². The first-order valence-electron chi connectivity index (χ1n) is 3.87. The molecule has 62 valence electrons. The van der Waals surface area contributed by atoms with Crippen LogP contribution in [-0.4, -0.2) is 17.2 Å².